The van der Waals surface area contributed by atoms with Crippen molar-refractivity contribution >= 4 is 27.7 Å². The van der Waals surface area contributed by atoms with Crippen LogP contribution in [-0.2, 0) is 6.42 Å². The Morgan fingerprint density at radius 3 is 3.06 bits per heavy atom. The lowest BCUT2D eigenvalue weighted by Crippen LogP contribution is -2.23. The summed E-state index contributed by atoms with van der Waals surface area (Å²) >= 11 is 5.41. The molecule has 2 unspecified atom stereocenters. The monoisotopic (exact) mass is 316 g/mol. The molecule has 0 aromatic heterocycles. The number of aliphatic hydroxyl groups excluding tert-OH is 1. The van der Waals surface area contributed by atoms with E-state index >= 15 is 0 Å². The van der Waals surface area contributed by atoms with Crippen LogP contribution in [0.2, 0.25) is 0 Å². The highest BCUT2D eigenvalue weighted by atomic mass is 79.9. The lowest BCUT2D eigenvalue weighted by molar-refractivity contribution is 0.170. The van der Waals surface area contributed by atoms with Gasteiger partial charge in [0.25, 0.3) is 0 Å². The first-order chi connectivity index (χ1) is 8.20. The van der Waals surface area contributed by atoms with Crippen LogP contribution in [0.25, 0.3) is 0 Å². The van der Waals surface area contributed by atoms with Crippen LogP contribution in [0, 0.1) is 0 Å². The summed E-state index contributed by atoms with van der Waals surface area (Å²) in [5, 5.41) is 10.6. The largest absolute Gasteiger partial charge is 0.497 e. The van der Waals surface area contributed by atoms with Gasteiger partial charge in [0.2, 0.25) is 0 Å². The van der Waals surface area contributed by atoms with Crippen LogP contribution in [0.15, 0.2) is 22.7 Å². The van der Waals surface area contributed by atoms with Crippen LogP contribution in [-0.4, -0.2) is 29.3 Å². The first-order valence-corrected chi connectivity index (χ1v) is 7.67. The third kappa shape index (κ3) is 3.39. The average molecular weight is 317 g/mol. The molecule has 2 rings (SSSR count). The summed E-state index contributed by atoms with van der Waals surface area (Å²) in [6, 6.07) is 5.89. The molecule has 1 N–H and O–H groups in total. The van der Waals surface area contributed by atoms with Gasteiger partial charge in [-0.2, -0.15) is 11.8 Å². The topological polar surface area (TPSA) is 29.5 Å². The normalized spacial score (nSPS) is 21.5. The Morgan fingerprint density at radius 2 is 2.41 bits per heavy atom. The van der Waals surface area contributed by atoms with E-state index in [0.29, 0.717) is 11.7 Å². The fraction of sp³-hybridized carbons (Fsp3) is 0.538. The first kappa shape index (κ1) is 13.2. The maximum Gasteiger partial charge on any atom is 0.119 e. The standard InChI is InChI=1S/C13H17BrO2S/c1-16-10-4-5-11(14)9(7-10)8-12(15)13-3-2-6-17-13/h4-5,7,12-13,15H,2-3,6,8H2,1H3. The van der Waals surface area contributed by atoms with Gasteiger partial charge in [-0.3, -0.25) is 0 Å². The smallest absolute Gasteiger partial charge is 0.119 e. The molecule has 0 amide bonds. The van der Waals surface area contributed by atoms with Crippen molar-refractivity contribution < 1.29 is 9.84 Å². The highest BCUT2D eigenvalue weighted by Gasteiger charge is 2.24. The zero-order valence-electron chi connectivity index (χ0n) is 9.86. The second-order valence-corrected chi connectivity index (χ2v) is 6.48. The van der Waals surface area contributed by atoms with Crippen molar-refractivity contribution in [2.45, 2.75) is 30.6 Å². The van der Waals surface area contributed by atoms with E-state index in [1.807, 2.05) is 30.0 Å². The van der Waals surface area contributed by atoms with Crippen LogP contribution in [0.4, 0.5) is 0 Å². The van der Waals surface area contributed by atoms with Crippen molar-refractivity contribution in [1.29, 1.82) is 0 Å². The van der Waals surface area contributed by atoms with Crippen LogP contribution >= 0.6 is 27.7 Å². The lowest BCUT2D eigenvalue weighted by Gasteiger charge is -2.18. The molecule has 0 radical (unpaired) electrons. The lowest BCUT2D eigenvalue weighted by atomic mass is 10.0. The molecule has 0 bridgehead atoms. The van der Waals surface area contributed by atoms with E-state index in [1.165, 1.54) is 12.2 Å². The zero-order chi connectivity index (χ0) is 12.3. The maximum atomic E-state index is 10.2. The molecule has 0 aliphatic carbocycles. The Kier molecular flexibility index (Phi) is 4.77. The van der Waals surface area contributed by atoms with Gasteiger partial charge < -0.3 is 9.84 Å². The second kappa shape index (κ2) is 6.12. The number of ether oxygens (including phenoxy) is 1. The molecule has 1 saturated heterocycles. The number of benzene rings is 1. The molecule has 0 saturated carbocycles. The predicted molar refractivity (Wildman–Crippen MR) is 75.9 cm³/mol. The maximum absolute atomic E-state index is 10.2. The number of aliphatic hydroxyl groups is 1. The molecule has 1 aliphatic rings. The van der Waals surface area contributed by atoms with Gasteiger partial charge in [0.1, 0.15) is 5.75 Å². The van der Waals surface area contributed by atoms with Crippen molar-refractivity contribution in [3.8, 4) is 5.75 Å². The summed E-state index contributed by atoms with van der Waals surface area (Å²) in [5.74, 6) is 2.02. The number of hydrogen-bond donors (Lipinski definition) is 1. The van der Waals surface area contributed by atoms with Gasteiger partial charge in [-0.25, -0.2) is 0 Å². The summed E-state index contributed by atoms with van der Waals surface area (Å²) in [6.07, 6.45) is 2.79. The van der Waals surface area contributed by atoms with Crippen molar-refractivity contribution in [3.63, 3.8) is 0 Å². The van der Waals surface area contributed by atoms with Crippen molar-refractivity contribution in [2.75, 3.05) is 12.9 Å². The van der Waals surface area contributed by atoms with Gasteiger partial charge in [-0.15, -0.1) is 0 Å². The molecular weight excluding hydrogens is 300 g/mol. The minimum atomic E-state index is -0.258. The molecule has 94 valence electrons. The van der Waals surface area contributed by atoms with E-state index in [9.17, 15) is 5.11 Å². The minimum absolute atomic E-state index is 0.258. The van der Waals surface area contributed by atoms with Crippen LogP contribution in [0.3, 0.4) is 0 Å². The highest BCUT2D eigenvalue weighted by Crippen LogP contribution is 2.32. The number of methoxy groups -OCH3 is 1. The predicted octanol–water partition coefficient (Wildman–Crippen LogP) is 3.26. The van der Waals surface area contributed by atoms with E-state index in [-0.39, 0.29) is 6.10 Å². The van der Waals surface area contributed by atoms with E-state index in [4.69, 9.17) is 4.74 Å². The quantitative estimate of drug-likeness (QED) is 0.924. The summed E-state index contributed by atoms with van der Waals surface area (Å²) < 4.78 is 6.25. The number of rotatable bonds is 4. The summed E-state index contributed by atoms with van der Waals surface area (Å²) in [6.45, 7) is 0. The van der Waals surface area contributed by atoms with Gasteiger partial charge in [-0.1, -0.05) is 15.9 Å². The molecular formula is C13H17BrO2S. The fourth-order valence-corrected chi connectivity index (χ4v) is 3.79. The SMILES string of the molecule is COc1ccc(Br)c(CC(O)C2CCCS2)c1. The molecule has 17 heavy (non-hydrogen) atoms. The van der Waals surface area contributed by atoms with Crippen LogP contribution in [0.5, 0.6) is 5.75 Å². The third-order valence-electron chi connectivity index (χ3n) is 3.08. The molecule has 2 nitrogen and oxygen atoms in total. The van der Waals surface area contributed by atoms with Crippen molar-refractivity contribution in [2.24, 2.45) is 0 Å². The molecule has 4 heteroatoms. The van der Waals surface area contributed by atoms with E-state index in [2.05, 4.69) is 15.9 Å². The molecule has 1 aromatic carbocycles. The highest BCUT2D eigenvalue weighted by molar-refractivity contribution is 9.10. The Labute approximate surface area is 115 Å². The Morgan fingerprint density at radius 1 is 1.59 bits per heavy atom. The van der Waals surface area contributed by atoms with E-state index in [0.717, 1.165) is 22.2 Å². The van der Waals surface area contributed by atoms with Crippen molar-refractivity contribution in [1.82, 2.24) is 0 Å². The number of halogens is 1. The molecule has 2 atom stereocenters. The Bertz CT molecular complexity index is 378. The Balaban J connectivity index is 2.06. The number of hydrogen-bond acceptors (Lipinski definition) is 3. The third-order valence-corrected chi connectivity index (χ3v) is 5.35. The van der Waals surface area contributed by atoms with E-state index < -0.39 is 0 Å². The molecule has 1 fully saturated rings. The van der Waals surface area contributed by atoms with Gasteiger partial charge >= 0.3 is 0 Å². The fourth-order valence-electron chi connectivity index (χ4n) is 2.10. The van der Waals surface area contributed by atoms with Gasteiger partial charge in [-0.05, 0) is 42.4 Å². The minimum Gasteiger partial charge on any atom is -0.497 e. The van der Waals surface area contributed by atoms with Crippen LogP contribution in [0.1, 0.15) is 18.4 Å². The van der Waals surface area contributed by atoms with Gasteiger partial charge in [0.15, 0.2) is 0 Å². The van der Waals surface area contributed by atoms with Gasteiger partial charge in [0, 0.05) is 16.1 Å². The van der Waals surface area contributed by atoms with Crippen molar-refractivity contribution in [3.05, 3.63) is 28.2 Å². The van der Waals surface area contributed by atoms with Gasteiger partial charge in [0.05, 0.1) is 13.2 Å². The molecule has 1 aliphatic heterocycles. The summed E-state index contributed by atoms with van der Waals surface area (Å²) in [5.41, 5.74) is 1.12. The first-order valence-electron chi connectivity index (χ1n) is 5.83. The number of thioether (sulfide) groups is 1. The average Bonchev–Trinajstić information content (AvgIpc) is 2.85. The zero-order valence-corrected chi connectivity index (χ0v) is 12.3. The summed E-state index contributed by atoms with van der Waals surface area (Å²) in [7, 11) is 1.66. The summed E-state index contributed by atoms with van der Waals surface area (Å²) in [4.78, 5) is 0. The molecule has 0 spiro atoms. The molecule has 1 aromatic rings. The van der Waals surface area contributed by atoms with E-state index in [1.54, 1.807) is 7.11 Å². The molecule has 1 heterocycles. The Hall–Kier alpha value is -0.190. The second-order valence-electron chi connectivity index (χ2n) is 4.28. The van der Waals surface area contributed by atoms with Crippen LogP contribution < -0.4 is 4.74 Å².